The lowest BCUT2D eigenvalue weighted by Crippen LogP contribution is -2.22. The molecule has 0 fully saturated rings. The number of rotatable bonds is 6. The maximum Gasteiger partial charge on any atom is 0.283 e. The maximum absolute atomic E-state index is 12.0. The fraction of sp³-hybridized carbons (Fsp3) is 0.214. The van der Waals surface area contributed by atoms with Crippen LogP contribution in [0.25, 0.3) is 11.7 Å². The fourth-order valence-electron chi connectivity index (χ4n) is 1.76. The van der Waals surface area contributed by atoms with Gasteiger partial charge in [-0.05, 0) is 24.3 Å². The van der Waals surface area contributed by atoms with E-state index in [2.05, 4.69) is 15.2 Å². The van der Waals surface area contributed by atoms with E-state index in [0.29, 0.717) is 28.3 Å². The van der Waals surface area contributed by atoms with E-state index in [1.807, 2.05) is 0 Å². The number of thioether (sulfide) groups is 1. The van der Waals surface area contributed by atoms with Gasteiger partial charge < -0.3 is 8.83 Å². The summed E-state index contributed by atoms with van der Waals surface area (Å²) < 4.78 is 35.8. The van der Waals surface area contributed by atoms with Crippen LogP contribution in [-0.2, 0) is 15.8 Å². The van der Waals surface area contributed by atoms with Crippen molar-refractivity contribution in [1.82, 2.24) is 19.5 Å². The molecule has 3 rings (SSSR count). The number of pyridine rings is 1. The highest BCUT2D eigenvalue weighted by molar-refractivity contribution is 7.98. The summed E-state index contributed by atoms with van der Waals surface area (Å²) in [5.41, 5.74) is 0. The van der Waals surface area contributed by atoms with Crippen molar-refractivity contribution in [2.45, 2.75) is 15.7 Å². The second kappa shape index (κ2) is 6.75. The van der Waals surface area contributed by atoms with Crippen LogP contribution in [0.3, 0.4) is 0 Å². The van der Waals surface area contributed by atoms with Gasteiger partial charge in [0.05, 0.1) is 17.0 Å². The van der Waals surface area contributed by atoms with Gasteiger partial charge in [-0.2, -0.15) is 0 Å². The van der Waals surface area contributed by atoms with E-state index in [9.17, 15) is 8.42 Å². The van der Waals surface area contributed by atoms with Gasteiger partial charge in [0.25, 0.3) is 5.89 Å². The zero-order valence-electron chi connectivity index (χ0n) is 12.9. The van der Waals surface area contributed by atoms with E-state index in [4.69, 9.17) is 8.83 Å². The third kappa shape index (κ3) is 3.50. The molecule has 3 heterocycles. The Morgan fingerprint density at radius 1 is 1.21 bits per heavy atom. The largest absolute Gasteiger partial charge is 0.459 e. The SMILES string of the molecule is CN(C)S(=O)(=O)c1ccc(SCc2nnc(-c3ccco3)o2)nc1. The van der Waals surface area contributed by atoms with Crippen LogP contribution >= 0.6 is 11.8 Å². The molecule has 24 heavy (non-hydrogen) atoms. The van der Waals surface area contributed by atoms with Crippen LogP contribution in [0.1, 0.15) is 5.89 Å². The van der Waals surface area contributed by atoms with E-state index in [1.54, 1.807) is 18.2 Å². The average Bonchev–Trinajstić information content (AvgIpc) is 3.24. The molecule has 10 heteroatoms. The maximum atomic E-state index is 12.0. The van der Waals surface area contributed by atoms with Crippen LogP contribution in [0.5, 0.6) is 0 Å². The molecule has 0 N–H and O–H groups in total. The van der Waals surface area contributed by atoms with Crippen molar-refractivity contribution >= 4 is 21.8 Å². The number of aromatic nitrogens is 3. The minimum Gasteiger partial charge on any atom is -0.459 e. The van der Waals surface area contributed by atoms with Crippen LogP contribution in [0.4, 0.5) is 0 Å². The summed E-state index contributed by atoms with van der Waals surface area (Å²) in [5.74, 6) is 1.67. The smallest absolute Gasteiger partial charge is 0.283 e. The van der Waals surface area contributed by atoms with E-state index in [-0.39, 0.29) is 4.90 Å². The summed E-state index contributed by atoms with van der Waals surface area (Å²) in [7, 11) is -0.520. The lowest BCUT2D eigenvalue weighted by molar-refractivity contribution is 0.494. The molecule has 0 amide bonds. The molecule has 3 aromatic rings. The number of hydrogen-bond donors (Lipinski definition) is 0. The van der Waals surface area contributed by atoms with Crippen LogP contribution in [0, 0.1) is 0 Å². The Kier molecular flexibility index (Phi) is 4.69. The van der Waals surface area contributed by atoms with Crippen molar-refractivity contribution in [3.63, 3.8) is 0 Å². The number of sulfonamides is 1. The summed E-state index contributed by atoms with van der Waals surface area (Å²) in [6, 6.07) is 6.63. The first-order valence-electron chi connectivity index (χ1n) is 6.84. The normalized spacial score (nSPS) is 12.0. The fourth-order valence-corrected chi connectivity index (χ4v) is 3.29. The van der Waals surface area contributed by atoms with Crippen molar-refractivity contribution < 1.29 is 17.3 Å². The van der Waals surface area contributed by atoms with Crippen molar-refractivity contribution in [1.29, 1.82) is 0 Å². The highest BCUT2D eigenvalue weighted by Gasteiger charge is 2.17. The summed E-state index contributed by atoms with van der Waals surface area (Å²) in [6.45, 7) is 0. The molecular weight excluding hydrogens is 352 g/mol. The standard InChI is InChI=1S/C14H14N4O4S2/c1-18(2)24(19,20)10-5-6-13(15-8-10)23-9-12-16-17-14(22-12)11-4-3-7-21-11/h3-8H,9H2,1-2H3. The lowest BCUT2D eigenvalue weighted by atomic mass is 10.5. The molecule has 0 aliphatic heterocycles. The van der Waals surface area contributed by atoms with Crippen molar-refractivity contribution in [3.05, 3.63) is 42.6 Å². The minimum atomic E-state index is -3.47. The van der Waals surface area contributed by atoms with E-state index < -0.39 is 10.0 Å². The first-order valence-corrected chi connectivity index (χ1v) is 9.27. The molecule has 3 aromatic heterocycles. The predicted octanol–water partition coefficient (Wildman–Crippen LogP) is 2.27. The van der Waals surface area contributed by atoms with Crippen molar-refractivity contribution in [2.24, 2.45) is 0 Å². The Bertz CT molecular complexity index is 903. The summed E-state index contributed by atoms with van der Waals surface area (Å²) in [4.78, 5) is 4.30. The topological polar surface area (TPSA) is 102 Å². The van der Waals surface area contributed by atoms with Gasteiger partial charge in [0.1, 0.15) is 4.90 Å². The minimum absolute atomic E-state index is 0.148. The third-order valence-corrected chi connectivity index (χ3v) is 5.76. The molecule has 8 nitrogen and oxygen atoms in total. The van der Waals surface area contributed by atoms with Crippen LogP contribution < -0.4 is 0 Å². The summed E-state index contributed by atoms with van der Waals surface area (Å²) >= 11 is 1.37. The highest BCUT2D eigenvalue weighted by Crippen LogP contribution is 2.24. The second-order valence-electron chi connectivity index (χ2n) is 4.89. The predicted molar refractivity (Wildman–Crippen MR) is 86.7 cm³/mol. The quantitative estimate of drug-likeness (QED) is 0.612. The van der Waals surface area contributed by atoms with Gasteiger partial charge in [-0.3, -0.25) is 0 Å². The first-order chi connectivity index (χ1) is 11.5. The van der Waals surface area contributed by atoms with Gasteiger partial charge in [-0.1, -0.05) is 11.8 Å². The number of furan rings is 1. The third-order valence-electron chi connectivity index (χ3n) is 3.03. The Morgan fingerprint density at radius 3 is 2.67 bits per heavy atom. The van der Waals surface area contributed by atoms with Gasteiger partial charge in [0, 0.05) is 20.3 Å². The summed E-state index contributed by atoms with van der Waals surface area (Å²) in [6.07, 6.45) is 2.86. The molecule has 0 aromatic carbocycles. The molecule has 0 radical (unpaired) electrons. The van der Waals surface area contributed by atoms with Gasteiger partial charge in [0.15, 0.2) is 5.76 Å². The molecule has 0 atom stereocenters. The molecule has 0 aliphatic carbocycles. The van der Waals surface area contributed by atoms with Gasteiger partial charge in [0.2, 0.25) is 15.9 Å². The van der Waals surface area contributed by atoms with E-state index in [0.717, 1.165) is 4.31 Å². The highest BCUT2D eigenvalue weighted by atomic mass is 32.2. The molecule has 0 saturated heterocycles. The first kappa shape index (κ1) is 16.7. The average molecular weight is 366 g/mol. The molecule has 0 bridgehead atoms. The zero-order chi connectivity index (χ0) is 17.2. The molecule has 0 unspecified atom stereocenters. The Hall–Kier alpha value is -2.17. The van der Waals surface area contributed by atoms with Crippen LogP contribution in [0.2, 0.25) is 0 Å². The Labute approximate surface area is 143 Å². The monoisotopic (exact) mass is 366 g/mol. The molecule has 0 aliphatic rings. The molecule has 126 valence electrons. The van der Waals surface area contributed by atoms with Gasteiger partial charge in [-0.15, -0.1) is 10.2 Å². The number of hydrogen-bond acceptors (Lipinski definition) is 8. The Morgan fingerprint density at radius 2 is 2.04 bits per heavy atom. The van der Waals surface area contributed by atoms with E-state index >= 15 is 0 Å². The van der Waals surface area contributed by atoms with Gasteiger partial charge in [-0.25, -0.2) is 17.7 Å². The number of nitrogens with zero attached hydrogens (tertiary/aromatic N) is 4. The van der Waals surface area contributed by atoms with Crippen LogP contribution in [-0.4, -0.2) is 42.0 Å². The summed E-state index contributed by atoms with van der Waals surface area (Å²) in [5, 5.41) is 8.51. The van der Waals surface area contributed by atoms with E-state index in [1.165, 1.54) is 44.4 Å². The van der Waals surface area contributed by atoms with Crippen molar-refractivity contribution in [2.75, 3.05) is 14.1 Å². The molecule has 0 spiro atoms. The van der Waals surface area contributed by atoms with Crippen molar-refractivity contribution in [3.8, 4) is 11.7 Å². The second-order valence-corrected chi connectivity index (χ2v) is 8.03. The molecule has 0 saturated carbocycles. The van der Waals surface area contributed by atoms with Gasteiger partial charge >= 0.3 is 0 Å². The van der Waals surface area contributed by atoms with Crippen LogP contribution in [0.15, 0.2) is 55.5 Å². The Balaban J connectivity index is 1.65. The zero-order valence-corrected chi connectivity index (χ0v) is 14.5. The lowest BCUT2D eigenvalue weighted by Gasteiger charge is -2.10. The molecular formula is C14H14N4O4S2.